The van der Waals surface area contributed by atoms with Gasteiger partial charge in [-0.05, 0) is 23.3 Å². The lowest BCUT2D eigenvalue weighted by Gasteiger charge is -2.30. The molecule has 2 aromatic rings. The van der Waals surface area contributed by atoms with E-state index < -0.39 is 24.0 Å². The fourth-order valence-electron chi connectivity index (χ4n) is 3.13. The molecule has 0 spiro atoms. The molecule has 3 N–H and O–H groups in total. The Kier molecular flexibility index (Phi) is 6.40. The van der Waals surface area contributed by atoms with Gasteiger partial charge in [0, 0.05) is 13.0 Å². The number of halogens is 5. The van der Waals surface area contributed by atoms with Crippen molar-refractivity contribution >= 4 is 28.7 Å². The van der Waals surface area contributed by atoms with Crippen molar-refractivity contribution in [3.8, 4) is 0 Å². The monoisotopic (exact) mass is 444 g/mol. The van der Waals surface area contributed by atoms with Crippen LogP contribution in [0.25, 0.3) is 0 Å². The number of hydrogen-bond donors (Lipinski definition) is 2. The van der Waals surface area contributed by atoms with Crippen molar-refractivity contribution in [2.24, 2.45) is 15.9 Å². The lowest BCUT2D eigenvalue weighted by molar-refractivity contribution is -0.127. The Morgan fingerprint density at radius 2 is 2.03 bits per heavy atom. The average Bonchev–Trinajstić information content (AvgIpc) is 2.68. The molecular formula is C18H17ClF4N6O. The van der Waals surface area contributed by atoms with Gasteiger partial charge in [0.25, 0.3) is 5.56 Å². The number of benzene rings is 1. The summed E-state index contributed by atoms with van der Waals surface area (Å²) in [5.74, 6) is 4.73. The van der Waals surface area contributed by atoms with E-state index in [0.717, 1.165) is 12.1 Å². The van der Waals surface area contributed by atoms with E-state index in [2.05, 4.69) is 20.3 Å². The van der Waals surface area contributed by atoms with E-state index in [4.69, 9.17) is 17.4 Å². The smallest absolute Gasteiger partial charge is 0.362 e. The molecule has 2 heterocycles. The van der Waals surface area contributed by atoms with Gasteiger partial charge in [0.15, 0.2) is 0 Å². The lowest BCUT2D eigenvalue weighted by atomic mass is 10.0. The molecule has 0 bridgehead atoms. The normalized spacial score (nSPS) is 17.7. The molecule has 0 atom stereocenters. The van der Waals surface area contributed by atoms with Gasteiger partial charge in [-0.3, -0.25) is 9.79 Å². The first-order valence-corrected chi connectivity index (χ1v) is 9.18. The molecule has 7 nitrogen and oxygen atoms in total. The van der Waals surface area contributed by atoms with Crippen LogP contribution in [0.1, 0.15) is 17.5 Å². The predicted octanol–water partition coefficient (Wildman–Crippen LogP) is 2.83. The molecule has 0 radical (unpaired) electrons. The van der Waals surface area contributed by atoms with Crippen LogP contribution < -0.4 is 16.3 Å². The fraction of sp³-hybridized carbons (Fsp3) is 0.333. The van der Waals surface area contributed by atoms with Gasteiger partial charge in [0.1, 0.15) is 16.6 Å². The first-order chi connectivity index (χ1) is 14.2. The second-order valence-corrected chi connectivity index (χ2v) is 6.99. The van der Waals surface area contributed by atoms with Crippen LogP contribution in [0.4, 0.5) is 23.2 Å². The molecular weight excluding hydrogens is 428 g/mol. The van der Waals surface area contributed by atoms with Crippen LogP contribution in [-0.4, -0.2) is 40.9 Å². The Bertz CT molecular complexity index is 1050. The van der Waals surface area contributed by atoms with Crippen LogP contribution in [0, 0.1) is 5.82 Å². The summed E-state index contributed by atoms with van der Waals surface area (Å²) < 4.78 is 51.8. The van der Waals surface area contributed by atoms with Crippen molar-refractivity contribution in [3.63, 3.8) is 0 Å². The molecule has 1 aromatic carbocycles. The highest BCUT2D eigenvalue weighted by Gasteiger charge is 2.29. The van der Waals surface area contributed by atoms with Gasteiger partial charge in [0.05, 0.1) is 37.1 Å². The first kappa shape index (κ1) is 21.8. The van der Waals surface area contributed by atoms with Crippen LogP contribution in [0.3, 0.4) is 0 Å². The Morgan fingerprint density at radius 1 is 1.27 bits per heavy atom. The summed E-state index contributed by atoms with van der Waals surface area (Å²) in [6.07, 6.45) is -3.94. The molecule has 1 fully saturated rings. The van der Waals surface area contributed by atoms with Crippen molar-refractivity contribution in [3.05, 3.63) is 56.7 Å². The highest BCUT2D eigenvalue weighted by Crippen LogP contribution is 2.26. The number of alkyl halides is 3. The number of aromatic nitrogens is 2. The number of H-pyrrole nitrogens is 1. The maximum absolute atomic E-state index is 13.4. The Hall–Kier alpha value is -2.95. The van der Waals surface area contributed by atoms with Crippen molar-refractivity contribution < 1.29 is 17.6 Å². The molecule has 1 aliphatic heterocycles. The van der Waals surface area contributed by atoms with E-state index in [0.29, 0.717) is 30.1 Å². The zero-order valence-electron chi connectivity index (χ0n) is 15.5. The minimum atomic E-state index is -4.47. The number of nitrogens with one attached hydrogen (secondary N) is 1. The average molecular weight is 445 g/mol. The van der Waals surface area contributed by atoms with Gasteiger partial charge in [-0.15, -0.1) is 0 Å². The van der Waals surface area contributed by atoms with Crippen molar-refractivity contribution in [1.29, 1.82) is 0 Å². The van der Waals surface area contributed by atoms with Gasteiger partial charge in [-0.25, -0.2) is 9.49 Å². The number of aromatic amines is 1. The molecule has 1 aliphatic rings. The molecule has 160 valence electrons. The second-order valence-electron chi connectivity index (χ2n) is 6.61. The third kappa shape index (κ3) is 5.15. The number of rotatable bonds is 4. The van der Waals surface area contributed by atoms with Gasteiger partial charge in [-0.1, -0.05) is 17.7 Å². The van der Waals surface area contributed by atoms with Crippen molar-refractivity contribution in [2.75, 3.05) is 18.0 Å². The van der Waals surface area contributed by atoms with Gasteiger partial charge in [-0.2, -0.15) is 23.4 Å². The summed E-state index contributed by atoms with van der Waals surface area (Å²) in [5, 5.41) is 9.65. The number of anilines is 1. The van der Waals surface area contributed by atoms with Gasteiger partial charge < -0.3 is 10.7 Å². The van der Waals surface area contributed by atoms with E-state index in [1.165, 1.54) is 12.3 Å². The molecule has 0 saturated carbocycles. The third-order valence-corrected chi connectivity index (χ3v) is 4.93. The molecule has 0 unspecified atom stereocenters. The van der Waals surface area contributed by atoms with E-state index in [1.807, 2.05) is 0 Å². The quantitative estimate of drug-likeness (QED) is 0.430. The van der Waals surface area contributed by atoms with Crippen LogP contribution in [0.2, 0.25) is 5.02 Å². The zero-order valence-corrected chi connectivity index (χ0v) is 16.3. The Labute approximate surface area is 173 Å². The van der Waals surface area contributed by atoms with Crippen LogP contribution >= 0.6 is 11.6 Å². The maximum Gasteiger partial charge on any atom is 0.393 e. The number of nitrogens with two attached hydrogens (primary N) is 1. The molecule has 0 amide bonds. The zero-order chi connectivity index (χ0) is 21.9. The summed E-state index contributed by atoms with van der Waals surface area (Å²) in [6.45, 7) is 0.536. The van der Waals surface area contributed by atoms with E-state index in [-0.39, 0.29) is 29.2 Å². The lowest BCUT2D eigenvalue weighted by Crippen LogP contribution is -2.42. The SMILES string of the molecule is NN=C1CN(c2cn[nH]c(=O)c2Cl)CCC1=NCc1ccc(F)cc1CC(F)(F)F. The van der Waals surface area contributed by atoms with E-state index in [9.17, 15) is 22.4 Å². The summed E-state index contributed by atoms with van der Waals surface area (Å²) in [4.78, 5) is 17.8. The fourth-order valence-corrected chi connectivity index (χ4v) is 3.34. The molecule has 12 heteroatoms. The van der Waals surface area contributed by atoms with Gasteiger partial charge >= 0.3 is 6.18 Å². The van der Waals surface area contributed by atoms with Crippen molar-refractivity contribution in [1.82, 2.24) is 10.2 Å². The van der Waals surface area contributed by atoms with Crippen LogP contribution in [-0.2, 0) is 13.0 Å². The number of piperidine rings is 1. The molecule has 1 aromatic heterocycles. The Balaban J connectivity index is 1.80. The second kappa shape index (κ2) is 8.82. The molecule has 0 aliphatic carbocycles. The Morgan fingerprint density at radius 3 is 2.73 bits per heavy atom. The van der Waals surface area contributed by atoms with Crippen LogP contribution in [0.15, 0.2) is 39.3 Å². The molecule has 1 saturated heterocycles. The summed E-state index contributed by atoms with van der Waals surface area (Å²) >= 11 is 6.03. The molecule has 3 rings (SSSR count). The highest BCUT2D eigenvalue weighted by atomic mass is 35.5. The highest BCUT2D eigenvalue weighted by molar-refractivity contribution is 6.44. The standard InChI is InChI=1S/C18H17ClF4N6O/c19-16-15(8-26-28-17(16)30)29-4-3-13(14(9-29)27-24)25-7-10-1-2-12(20)5-11(10)6-18(21,22)23/h1-2,5,8H,3-4,6-7,9,24H2,(H,28,30). The summed E-state index contributed by atoms with van der Waals surface area (Å²) in [7, 11) is 0. The topological polar surface area (TPSA) is 99.7 Å². The summed E-state index contributed by atoms with van der Waals surface area (Å²) in [6, 6.07) is 3.25. The van der Waals surface area contributed by atoms with E-state index in [1.54, 1.807) is 4.90 Å². The van der Waals surface area contributed by atoms with E-state index >= 15 is 0 Å². The number of hydrogen-bond acceptors (Lipinski definition) is 6. The maximum atomic E-state index is 13.4. The largest absolute Gasteiger partial charge is 0.393 e. The third-order valence-electron chi connectivity index (χ3n) is 4.57. The first-order valence-electron chi connectivity index (χ1n) is 8.80. The predicted molar refractivity (Wildman–Crippen MR) is 106 cm³/mol. The molecule has 30 heavy (non-hydrogen) atoms. The minimum Gasteiger partial charge on any atom is -0.362 e. The number of aliphatic imine (C=N–C) groups is 1. The minimum absolute atomic E-state index is 0.0233. The summed E-state index contributed by atoms with van der Waals surface area (Å²) in [5.41, 5.74) is 0.890. The number of hydrazone groups is 1. The van der Waals surface area contributed by atoms with Crippen molar-refractivity contribution in [2.45, 2.75) is 25.6 Å². The van der Waals surface area contributed by atoms with Crippen LogP contribution in [0.5, 0.6) is 0 Å². The number of nitrogens with zero attached hydrogens (tertiary/aromatic N) is 4. The van der Waals surface area contributed by atoms with Gasteiger partial charge in [0.2, 0.25) is 0 Å².